The zero-order valence-electron chi connectivity index (χ0n) is 12.5. The van der Waals surface area contributed by atoms with E-state index in [1.54, 1.807) is 19.1 Å². The van der Waals surface area contributed by atoms with Gasteiger partial charge in [0.1, 0.15) is 11.6 Å². The van der Waals surface area contributed by atoms with Crippen LogP contribution in [-0.2, 0) is 10.5 Å². The summed E-state index contributed by atoms with van der Waals surface area (Å²) in [7, 11) is 0. The van der Waals surface area contributed by atoms with Crippen LogP contribution in [-0.4, -0.2) is 11.7 Å². The van der Waals surface area contributed by atoms with E-state index in [-0.39, 0.29) is 17.2 Å². The predicted octanol–water partition coefficient (Wildman–Crippen LogP) is 4.73. The molecule has 0 spiro atoms. The highest BCUT2D eigenvalue weighted by Gasteiger charge is 2.14. The van der Waals surface area contributed by atoms with Crippen LogP contribution in [0.15, 0.2) is 42.5 Å². The Hall–Kier alpha value is -1.59. The Morgan fingerprint density at radius 1 is 1.22 bits per heavy atom. The van der Waals surface area contributed by atoms with Crippen LogP contribution in [0.5, 0.6) is 0 Å². The number of amides is 1. The van der Waals surface area contributed by atoms with Gasteiger partial charge < -0.3 is 5.32 Å². The first kappa shape index (κ1) is 17.8. The lowest BCUT2D eigenvalue weighted by molar-refractivity contribution is -0.119. The summed E-state index contributed by atoms with van der Waals surface area (Å²) in [5, 5.41) is 3.38. The molecular formula is C17H16ClF2NOS. The number of carbonyl (C=O) groups is 1. The molecule has 0 saturated carbocycles. The highest BCUT2D eigenvalue weighted by molar-refractivity contribution is 7.99. The highest BCUT2D eigenvalue weighted by atomic mass is 35.5. The molecule has 2 aromatic rings. The zero-order valence-corrected chi connectivity index (χ0v) is 14.1. The molecule has 0 radical (unpaired) electrons. The molecule has 0 unspecified atom stereocenters. The summed E-state index contributed by atoms with van der Waals surface area (Å²) < 4.78 is 26.5. The summed E-state index contributed by atoms with van der Waals surface area (Å²) in [5.74, 6) is -0.547. The van der Waals surface area contributed by atoms with Crippen LogP contribution < -0.4 is 5.32 Å². The Morgan fingerprint density at radius 2 is 1.91 bits per heavy atom. The van der Waals surface area contributed by atoms with E-state index < -0.39 is 17.7 Å². The van der Waals surface area contributed by atoms with Crippen LogP contribution in [0.25, 0.3) is 0 Å². The monoisotopic (exact) mass is 355 g/mol. The second-order valence-electron chi connectivity index (χ2n) is 5.07. The Bertz CT molecular complexity index is 679. The molecule has 0 saturated heterocycles. The van der Waals surface area contributed by atoms with Gasteiger partial charge in [-0.1, -0.05) is 29.8 Å². The van der Waals surface area contributed by atoms with Crippen molar-refractivity contribution in [1.29, 1.82) is 0 Å². The van der Waals surface area contributed by atoms with Gasteiger partial charge in [-0.25, -0.2) is 8.78 Å². The van der Waals surface area contributed by atoms with Crippen molar-refractivity contribution in [3.05, 3.63) is 70.2 Å². The van der Waals surface area contributed by atoms with Gasteiger partial charge in [0.15, 0.2) is 0 Å². The molecule has 1 N–H and O–H groups in total. The topological polar surface area (TPSA) is 29.1 Å². The van der Waals surface area contributed by atoms with Crippen LogP contribution in [0, 0.1) is 11.6 Å². The summed E-state index contributed by atoms with van der Waals surface area (Å²) in [4.78, 5) is 11.9. The lowest BCUT2D eigenvalue weighted by Crippen LogP contribution is -2.28. The Morgan fingerprint density at radius 3 is 2.57 bits per heavy atom. The minimum absolute atomic E-state index is 0.194. The van der Waals surface area contributed by atoms with Gasteiger partial charge >= 0.3 is 0 Å². The van der Waals surface area contributed by atoms with E-state index in [0.717, 1.165) is 11.6 Å². The fraction of sp³-hybridized carbons (Fsp3) is 0.235. The predicted molar refractivity (Wildman–Crippen MR) is 90.5 cm³/mol. The Kier molecular flexibility index (Phi) is 6.42. The maximum atomic E-state index is 13.6. The van der Waals surface area contributed by atoms with E-state index in [2.05, 4.69) is 5.32 Å². The van der Waals surface area contributed by atoms with E-state index >= 15 is 0 Å². The Balaban J connectivity index is 1.81. The molecule has 0 aliphatic carbocycles. The van der Waals surface area contributed by atoms with Crippen molar-refractivity contribution in [2.45, 2.75) is 18.7 Å². The molecule has 23 heavy (non-hydrogen) atoms. The summed E-state index contributed by atoms with van der Waals surface area (Å²) in [6, 6.07) is 10.2. The fourth-order valence-corrected chi connectivity index (χ4v) is 2.98. The zero-order chi connectivity index (χ0) is 16.8. The van der Waals surface area contributed by atoms with Crippen LogP contribution in [0.2, 0.25) is 5.02 Å². The minimum Gasteiger partial charge on any atom is -0.349 e. The minimum atomic E-state index is -0.661. The van der Waals surface area contributed by atoms with Crippen molar-refractivity contribution in [2.24, 2.45) is 0 Å². The average Bonchev–Trinajstić information content (AvgIpc) is 2.49. The van der Waals surface area contributed by atoms with Crippen LogP contribution in [0.4, 0.5) is 8.78 Å². The van der Waals surface area contributed by atoms with Crippen molar-refractivity contribution in [1.82, 2.24) is 5.32 Å². The van der Waals surface area contributed by atoms with E-state index in [4.69, 9.17) is 11.6 Å². The molecular weight excluding hydrogens is 340 g/mol. The van der Waals surface area contributed by atoms with Gasteiger partial charge in [-0.2, -0.15) is 0 Å². The number of nitrogens with one attached hydrogen (secondary N) is 1. The molecule has 2 aromatic carbocycles. The summed E-state index contributed by atoms with van der Waals surface area (Å²) in [5.41, 5.74) is 1.34. The first-order chi connectivity index (χ1) is 11.0. The first-order valence-corrected chi connectivity index (χ1v) is 8.55. The van der Waals surface area contributed by atoms with E-state index in [0.29, 0.717) is 10.8 Å². The molecule has 1 atom stereocenters. The Labute approximate surface area is 143 Å². The number of thioether (sulfide) groups is 1. The van der Waals surface area contributed by atoms with Gasteiger partial charge in [-0.15, -0.1) is 11.8 Å². The van der Waals surface area contributed by atoms with Crippen molar-refractivity contribution < 1.29 is 13.6 Å². The van der Waals surface area contributed by atoms with Crippen molar-refractivity contribution in [2.75, 3.05) is 5.75 Å². The molecule has 0 aliphatic rings. The van der Waals surface area contributed by atoms with Crippen LogP contribution in [0.1, 0.15) is 24.1 Å². The van der Waals surface area contributed by atoms with Gasteiger partial charge in [0.2, 0.25) is 5.91 Å². The van der Waals surface area contributed by atoms with Gasteiger partial charge in [0, 0.05) is 22.4 Å². The van der Waals surface area contributed by atoms with Gasteiger partial charge in [0.25, 0.3) is 0 Å². The van der Waals surface area contributed by atoms with Gasteiger partial charge in [-0.05, 0) is 30.7 Å². The van der Waals surface area contributed by atoms with E-state index in [9.17, 15) is 13.6 Å². The lowest BCUT2D eigenvalue weighted by atomic mass is 10.1. The highest BCUT2D eigenvalue weighted by Crippen LogP contribution is 2.19. The molecule has 0 bridgehead atoms. The third-order valence-corrected chi connectivity index (χ3v) is 4.48. The maximum Gasteiger partial charge on any atom is 0.230 e. The maximum absolute atomic E-state index is 13.6. The molecule has 0 fully saturated rings. The molecule has 6 heteroatoms. The van der Waals surface area contributed by atoms with Crippen molar-refractivity contribution in [3.63, 3.8) is 0 Å². The average molecular weight is 356 g/mol. The lowest BCUT2D eigenvalue weighted by Gasteiger charge is -2.15. The first-order valence-electron chi connectivity index (χ1n) is 7.02. The number of benzene rings is 2. The largest absolute Gasteiger partial charge is 0.349 e. The number of hydrogen-bond donors (Lipinski definition) is 1. The second-order valence-corrected chi connectivity index (χ2v) is 6.50. The number of rotatable bonds is 6. The molecule has 2 nitrogen and oxygen atoms in total. The molecule has 0 aliphatic heterocycles. The smallest absolute Gasteiger partial charge is 0.230 e. The number of carbonyl (C=O) groups excluding carboxylic acids is 1. The van der Waals surface area contributed by atoms with E-state index in [1.807, 2.05) is 12.1 Å². The number of halogens is 3. The molecule has 1 amide bonds. The van der Waals surface area contributed by atoms with Crippen molar-refractivity contribution >= 4 is 29.3 Å². The fourth-order valence-electron chi connectivity index (χ4n) is 2.06. The molecule has 0 aromatic heterocycles. The van der Waals surface area contributed by atoms with E-state index in [1.165, 1.54) is 23.9 Å². The molecule has 0 heterocycles. The number of hydrogen-bond acceptors (Lipinski definition) is 2. The van der Waals surface area contributed by atoms with Gasteiger partial charge in [0.05, 0.1) is 11.8 Å². The van der Waals surface area contributed by atoms with Gasteiger partial charge in [-0.3, -0.25) is 4.79 Å². The van der Waals surface area contributed by atoms with Crippen LogP contribution in [0.3, 0.4) is 0 Å². The van der Waals surface area contributed by atoms with Crippen LogP contribution >= 0.6 is 23.4 Å². The third-order valence-electron chi connectivity index (χ3n) is 3.22. The van der Waals surface area contributed by atoms with Crippen molar-refractivity contribution in [3.8, 4) is 0 Å². The quantitative estimate of drug-likeness (QED) is 0.811. The standard InChI is InChI=1S/C17H16ClF2NOS/c1-11(15-7-6-14(19)8-16(15)20)21-17(22)10-23-9-12-2-4-13(18)5-3-12/h2-8,11H,9-10H2,1H3,(H,21,22)/t11-/m0/s1. The third kappa shape index (κ3) is 5.52. The molecule has 122 valence electrons. The second kappa shape index (κ2) is 8.31. The SMILES string of the molecule is C[C@H](NC(=O)CSCc1ccc(Cl)cc1)c1ccc(F)cc1F. The summed E-state index contributed by atoms with van der Waals surface area (Å²) in [6.45, 7) is 1.66. The summed E-state index contributed by atoms with van der Waals surface area (Å²) in [6.07, 6.45) is 0. The molecule has 2 rings (SSSR count). The normalized spacial score (nSPS) is 12.0. The summed E-state index contributed by atoms with van der Waals surface area (Å²) >= 11 is 7.26.